The topological polar surface area (TPSA) is 15.6 Å². The zero-order valence-corrected chi connectivity index (χ0v) is 9.79. The van der Waals surface area contributed by atoms with E-state index in [4.69, 9.17) is 4.99 Å². The number of anilines is 1. The van der Waals surface area contributed by atoms with Gasteiger partial charge in [-0.15, -0.1) is 0 Å². The van der Waals surface area contributed by atoms with Crippen molar-refractivity contribution in [3.05, 3.63) is 24.3 Å². The molecule has 1 aromatic rings. The summed E-state index contributed by atoms with van der Waals surface area (Å²) in [4.78, 5) is 8.47. The standard InChI is InChI=1S/C12H14N2S/c1-8(2)9-7-14-10-5-3-4-6-11(10)15-12(14)13-9/h3-6,8-9H,7H2,1-2H3. The predicted octanol–water partition coefficient (Wildman–Crippen LogP) is 2.99. The van der Waals surface area contributed by atoms with Gasteiger partial charge in [-0.25, -0.2) is 0 Å². The van der Waals surface area contributed by atoms with Gasteiger partial charge in [0.15, 0.2) is 5.17 Å². The number of hydrogen-bond acceptors (Lipinski definition) is 3. The lowest BCUT2D eigenvalue weighted by atomic mass is 10.1. The Kier molecular flexibility index (Phi) is 2.02. The van der Waals surface area contributed by atoms with Gasteiger partial charge in [-0.2, -0.15) is 0 Å². The van der Waals surface area contributed by atoms with E-state index in [0.29, 0.717) is 12.0 Å². The fourth-order valence-electron chi connectivity index (χ4n) is 2.03. The number of para-hydroxylation sites is 1. The quantitative estimate of drug-likeness (QED) is 0.720. The number of fused-ring (bicyclic) bond motifs is 3. The molecule has 0 amide bonds. The summed E-state index contributed by atoms with van der Waals surface area (Å²) in [6, 6.07) is 9.03. The molecule has 3 rings (SSSR count). The van der Waals surface area contributed by atoms with Crippen LogP contribution in [0.2, 0.25) is 0 Å². The number of amidine groups is 1. The van der Waals surface area contributed by atoms with Crippen LogP contribution in [0.3, 0.4) is 0 Å². The SMILES string of the molecule is CC(C)C1CN2C(=N1)Sc1ccccc12. The van der Waals surface area contributed by atoms with Crippen LogP contribution in [0.1, 0.15) is 13.8 Å². The Morgan fingerprint density at radius 2 is 2.20 bits per heavy atom. The number of nitrogens with zero attached hydrogens (tertiary/aromatic N) is 2. The van der Waals surface area contributed by atoms with E-state index in [0.717, 1.165) is 6.54 Å². The molecule has 0 saturated heterocycles. The number of hydrogen-bond donors (Lipinski definition) is 0. The molecule has 2 aliphatic rings. The van der Waals surface area contributed by atoms with Crippen molar-refractivity contribution in [3.8, 4) is 0 Å². The van der Waals surface area contributed by atoms with Gasteiger partial charge in [-0.3, -0.25) is 4.99 Å². The van der Waals surface area contributed by atoms with Gasteiger partial charge >= 0.3 is 0 Å². The van der Waals surface area contributed by atoms with Gasteiger partial charge in [-0.05, 0) is 29.8 Å². The van der Waals surface area contributed by atoms with E-state index in [-0.39, 0.29) is 0 Å². The van der Waals surface area contributed by atoms with Gasteiger partial charge in [0, 0.05) is 11.4 Å². The number of thioether (sulfide) groups is 1. The first kappa shape index (κ1) is 9.28. The van der Waals surface area contributed by atoms with E-state index < -0.39 is 0 Å². The Bertz CT molecular complexity index is 425. The van der Waals surface area contributed by atoms with Crippen LogP contribution in [0.15, 0.2) is 34.2 Å². The maximum absolute atomic E-state index is 4.77. The van der Waals surface area contributed by atoms with Crippen molar-refractivity contribution in [1.82, 2.24) is 0 Å². The second-order valence-electron chi connectivity index (χ2n) is 4.40. The summed E-state index contributed by atoms with van der Waals surface area (Å²) in [7, 11) is 0. The number of aliphatic imine (C=N–C) groups is 1. The zero-order chi connectivity index (χ0) is 10.4. The second kappa shape index (κ2) is 3.27. The molecule has 1 atom stereocenters. The van der Waals surface area contributed by atoms with Crippen molar-refractivity contribution >= 4 is 22.6 Å². The van der Waals surface area contributed by atoms with Gasteiger partial charge in [0.2, 0.25) is 0 Å². The summed E-state index contributed by atoms with van der Waals surface area (Å²) in [5, 5.41) is 1.19. The Hall–Kier alpha value is -0.960. The fraction of sp³-hybridized carbons (Fsp3) is 0.417. The molecular weight excluding hydrogens is 204 g/mol. The van der Waals surface area contributed by atoms with Crippen molar-refractivity contribution < 1.29 is 0 Å². The van der Waals surface area contributed by atoms with E-state index in [9.17, 15) is 0 Å². The van der Waals surface area contributed by atoms with Crippen LogP contribution in [0.5, 0.6) is 0 Å². The molecule has 0 spiro atoms. The smallest absolute Gasteiger partial charge is 0.169 e. The molecule has 15 heavy (non-hydrogen) atoms. The van der Waals surface area contributed by atoms with Crippen LogP contribution in [0.4, 0.5) is 5.69 Å². The number of benzene rings is 1. The Morgan fingerprint density at radius 3 is 3.00 bits per heavy atom. The van der Waals surface area contributed by atoms with Crippen LogP contribution < -0.4 is 4.90 Å². The Balaban J connectivity index is 1.95. The first-order valence-electron chi connectivity index (χ1n) is 5.38. The summed E-state index contributed by atoms with van der Waals surface area (Å²) in [5.41, 5.74) is 1.34. The van der Waals surface area contributed by atoms with Gasteiger partial charge in [0.25, 0.3) is 0 Å². The van der Waals surface area contributed by atoms with Gasteiger partial charge < -0.3 is 4.90 Å². The molecule has 1 aromatic carbocycles. The normalized spacial score (nSPS) is 23.0. The van der Waals surface area contributed by atoms with Crippen molar-refractivity contribution in [3.63, 3.8) is 0 Å². The molecular formula is C12H14N2S. The second-order valence-corrected chi connectivity index (χ2v) is 5.41. The largest absolute Gasteiger partial charge is 0.318 e. The summed E-state index contributed by atoms with van der Waals surface area (Å²) in [6.45, 7) is 5.54. The van der Waals surface area contributed by atoms with Crippen molar-refractivity contribution in [2.75, 3.05) is 11.4 Å². The lowest BCUT2D eigenvalue weighted by Crippen LogP contribution is -2.26. The maximum atomic E-state index is 4.77. The van der Waals surface area contributed by atoms with Crippen LogP contribution >= 0.6 is 11.8 Å². The fourth-order valence-corrected chi connectivity index (χ4v) is 3.12. The first-order chi connectivity index (χ1) is 7.25. The summed E-state index contributed by atoms with van der Waals surface area (Å²) < 4.78 is 0. The van der Waals surface area contributed by atoms with Crippen LogP contribution in [0, 0.1) is 5.92 Å². The van der Waals surface area contributed by atoms with Crippen LogP contribution in [-0.4, -0.2) is 17.8 Å². The molecule has 2 nitrogen and oxygen atoms in total. The zero-order valence-electron chi connectivity index (χ0n) is 8.97. The third-order valence-electron chi connectivity index (χ3n) is 3.00. The third-order valence-corrected chi connectivity index (χ3v) is 4.08. The molecule has 0 fully saturated rings. The lowest BCUT2D eigenvalue weighted by molar-refractivity contribution is 0.521. The molecule has 2 heterocycles. The summed E-state index contributed by atoms with van der Waals surface area (Å²) in [5.74, 6) is 0.635. The van der Waals surface area contributed by atoms with Gasteiger partial charge in [0.1, 0.15) is 0 Å². The minimum atomic E-state index is 0.473. The molecule has 0 aromatic heterocycles. The average molecular weight is 218 g/mol. The van der Waals surface area contributed by atoms with Crippen molar-refractivity contribution in [1.29, 1.82) is 0 Å². The van der Waals surface area contributed by atoms with Crippen LogP contribution in [-0.2, 0) is 0 Å². The van der Waals surface area contributed by atoms with E-state index in [1.54, 1.807) is 11.8 Å². The highest BCUT2D eigenvalue weighted by Crippen LogP contribution is 2.43. The van der Waals surface area contributed by atoms with E-state index >= 15 is 0 Å². The van der Waals surface area contributed by atoms with Crippen molar-refractivity contribution in [2.45, 2.75) is 24.8 Å². The van der Waals surface area contributed by atoms with E-state index in [1.165, 1.54) is 15.8 Å². The maximum Gasteiger partial charge on any atom is 0.169 e. The highest BCUT2D eigenvalue weighted by atomic mass is 32.2. The predicted molar refractivity (Wildman–Crippen MR) is 65.7 cm³/mol. The van der Waals surface area contributed by atoms with Gasteiger partial charge in [0.05, 0.1) is 11.7 Å². The molecule has 3 heteroatoms. The average Bonchev–Trinajstić information content (AvgIpc) is 2.73. The van der Waals surface area contributed by atoms with Gasteiger partial charge in [-0.1, -0.05) is 26.0 Å². The molecule has 78 valence electrons. The Morgan fingerprint density at radius 1 is 1.40 bits per heavy atom. The molecule has 1 unspecified atom stereocenters. The van der Waals surface area contributed by atoms with E-state index in [2.05, 4.69) is 43.0 Å². The molecule has 2 aliphatic heterocycles. The number of rotatable bonds is 1. The third kappa shape index (κ3) is 1.37. The minimum absolute atomic E-state index is 0.473. The molecule has 0 aliphatic carbocycles. The van der Waals surface area contributed by atoms with E-state index in [1.807, 2.05) is 0 Å². The first-order valence-corrected chi connectivity index (χ1v) is 6.19. The molecule has 0 N–H and O–H groups in total. The Labute approximate surface area is 94.4 Å². The highest BCUT2D eigenvalue weighted by molar-refractivity contribution is 8.14. The van der Waals surface area contributed by atoms with Crippen LogP contribution in [0.25, 0.3) is 0 Å². The summed E-state index contributed by atoms with van der Waals surface area (Å²) in [6.07, 6.45) is 0. The van der Waals surface area contributed by atoms with Crippen molar-refractivity contribution in [2.24, 2.45) is 10.9 Å². The molecule has 0 radical (unpaired) electrons. The minimum Gasteiger partial charge on any atom is -0.318 e. The highest BCUT2D eigenvalue weighted by Gasteiger charge is 2.34. The summed E-state index contributed by atoms with van der Waals surface area (Å²) >= 11 is 1.80. The lowest BCUT2D eigenvalue weighted by Gasteiger charge is -2.16. The monoisotopic (exact) mass is 218 g/mol. The molecule has 0 saturated carbocycles. The molecule has 0 bridgehead atoms.